The quantitative estimate of drug-likeness (QED) is 0.584. The van der Waals surface area contributed by atoms with Gasteiger partial charge in [-0.25, -0.2) is 4.79 Å². The highest BCUT2D eigenvalue weighted by molar-refractivity contribution is 7.17. The zero-order valence-corrected chi connectivity index (χ0v) is 17.1. The van der Waals surface area contributed by atoms with Gasteiger partial charge in [0.2, 0.25) is 0 Å². The van der Waals surface area contributed by atoms with Gasteiger partial charge in [0.25, 0.3) is 5.91 Å². The van der Waals surface area contributed by atoms with E-state index in [4.69, 9.17) is 9.47 Å². The fourth-order valence-electron chi connectivity index (χ4n) is 3.31. The minimum absolute atomic E-state index is 0.239. The number of para-hydroxylation sites is 1. The number of hydrogen-bond acceptors (Lipinski definition) is 5. The van der Waals surface area contributed by atoms with E-state index >= 15 is 0 Å². The first-order valence-electron chi connectivity index (χ1n) is 9.37. The minimum Gasteiger partial charge on any atom is -0.488 e. The highest BCUT2D eigenvalue weighted by atomic mass is 32.1. The zero-order valence-electron chi connectivity index (χ0n) is 16.3. The molecule has 4 rings (SSSR count). The van der Waals surface area contributed by atoms with Crippen LogP contribution in [0.2, 0.25) is 0 Å². The van der Waals surface area contributed by atoms with Gasteiger partial charge in [-0.1, -0.05) is 42.5 Å². The van der Waals surface area contributed by atoms with Crippen LogP contribution in [0, 0.1) is 0 Å². The van der Waals surface area contributed by atoms with Crippen molar-refractivity contribution in [3.8, 4) is 16.2 Å². The molecular formula is C23H21NO4S. The van der Waals surface area contributed by atoms with Gasteiger partial charge in [-0.15, -0.1) is 11.3 Å². The highest BCUT2D eigenvalue weighted by Crippen LogP contribution is 2.42. The summed E-state index contributed by atoms with van der Waals surface area (Å²) in [7, 11) is 1.71. The lowest BCUT2D eigenvalue weighted by Gasteiger charge is -2.21. The van der Waals surface area contributed by atoms with E-state index in [9.17, 15) is 9.59 Å². The molecule has 1 aliphatic rings. The molecule has 2 heterocycles. The third-order valence-corrected chi connectivity index (χ3v) is 5.99. The molecule has 1 aromatic heterocycles. The van der Waals surface area contributed by atoms with Crippen molar-refractivity contribution in [2.75, 3.05) is 7.05 Å². The summed E-state index contributed by atoms with van der Waals surface area (Å²) < 4.78 is 11.2. The fraction of sp³-hybridized carbons (Fsp3) is 0.217. The van der Waals surface area contributed by atoms with Crippen LogP contribution in [0.25, 0.3) is 10.4 Å². The predicted molar refractivity (Wildman–Crippen MR) is 112 cm³/mol. The van der Waals surface area contributed by atoms with Crippen molar-refractivity contribution in [2.45, 2.75) is 26.2 Å². The Hall–Kier alpha value is -3.12. The largest absolute Gasteiger partial charge is 0.488 e. The molecule has 1 aliphatic heterocycles. The molecule has 6 heteroatoms. The van der Waals surface area contributed by atoms with Crippen LogP contribution < -0.4 is 4.74 Å². The van der Waals surface area contributed by atoms with Crippen LogP contribution in [0.5, 0.6) is 5.75 Å². The number of carbonyl (C=O) groups excluding carboxylic acids is 2. The van der Waals surface area contributed by atoms with E-state index in [0.29, 0.717) is 18.0 Å². The van der Waals surface area contributed by atoms with Crippen molar-refractivity contribution in [3.05, 3.63) is 76.7 Å². The van der Waals surface area contributed by atoms with Crippen LogP contribution in [0.15, 0.2) is 60.7 Å². The maximum atomic E-state index is 12.6. The van der Waals surface area contributed by atoms with E-state index in [2.05, 4.69) is 0 Å². The summed E-state index contributed by atoms with van der Waals surface area (Å²) in [4.78, 5) is 28.3. The number of ether oxygens (including phenoxy) is 2. The summed E-state index contributed by atoms with van der Waals surface area (Å²) in [6, 6.07) is 19.2. The summed E-state index contributed by atoms with van der Waals surface area (Å²) in [5, 5.41) is 0. The Labute approximate surface area is 173 Å². The number of rotatable bonds is 5. The van der Waals surface area contributed by atoms with Gasteiger partial charge in [0.1, 0.15) is 17.2 Å². The average Bonchev–Trinajstić information content (AvgIpc) is 3.19. The van der Waals surface area contributed by atoms with Crippen molar-refractivity contribution in [2.24, 2.45) is 0 Å². The summed E-state index contributed by atoms with van der Waals surface area (Å²) in [6.07, 6.45) is -0.862. The van der Waals surface area contributed by atoms with Crippen LogP contribution in [0.1, 0.15) is 27.7 Å². The summed E-state index contributed by atoms with van der Waals surface area (Å²) in [5.41, 5.74) is 2.96. The molecule has 0 saturated heterocycles. The molecule has 0 radical (unpaired) electrons. The van der Waals surface area contributed by atoms with E-state index in [1.54, 1.807) is 24.9 Å². The molecule has 5 nitrogen and oxygen atoms in total. The maximum absolute atomic E-state index is 12.6. The van der Waals surface area contributed by atoms with Gasteiger partial charge in [0, 0.05) is 29.6 Å². The summed E-state index contributed by atoms with van der Waals surface area (Å²) in [5.74, 6) is 0.0842. The number of benzene rings is 2. The molecule has 0 aliphatic carbocycles. The van der Waals surface area contributed by atoms with E-state index < -0.39 is 12.1 Å². The second-order valence-electron chi connectivity index (χ2n) is 6.98. The van der Waals surface area contributed by atoms with Gasteiger partial charge in [0.05, 0.1) is 0 Å². The summed E-state index contributed by atoms with van der Waals surface area (Å²) in [6.45, 7) is 2.49. The van der Waals surface area contributed by atoms with Crippen molar-refractivity contribution in [1.29, 1.82) is 0 Å². The Morgan fingerprint density at radius 2 is 1.86 bits per heavy atom. The van der Waals surface area contributed by atoms with Crippen LogP contribution >= 0.6 is 11.3 Å². The van der Waals surface area contributed by atoms with Gasteiger partial charge >= 0.3 is 5.97 Å². The molecule has 148 valence electrons. The Bertz CT molecular complexity index is 1040. The fourth-order valence-corrected chi connectivity index (χ4v) is 4.39. The van der Waals surface area contributed by atoms with Gasteiger partial charge in [0.15, 0.2) is 6.10 Å². The molecule has 2 aromatic carbocycles. The smallest absolute Gasteiger partial charge is 0.349 e. The molecule has 0 N–H and O–H groups in total. The summed E-state index contributed by atoms with van der Waals surface area (Å²) >= 11 is 1.37. The van der Waals surface area contributed by atoms with Gasteiger partial charge in [-0.3, -0.25) is 4.79 Å². The molecule has 0 saturated carbocycles. The number of fused-ring (bicyclic) bond motifs is 3. The number of thiophene rings is 1. The Morgan fingerprint density at radius 1 is 1.14 bits per heavy atom. The standard InChI is InChI=1S/C23H21NO4S/c1-15(22(25)24(2)13-16-8-4-3-5-9-16)28-23(26)20-12-17-14-27-19-11-7-6-10-18(19)21(17)29-20/h3-12,15H,13-14H2,1-2H3/t15-/m0/s1. The lowest BCUT2D eigenvalue weighted by Crippen LogP contribution is -2.37. The first kappa shape index (κ1) is 19.2. The molecule has 1 amide bonds. The second-order valence-corrected chi connectivity index (χ2v) is 8.03. The van der Waals surface area contributed by atoms with E-state index in [0.717, 1.165) is 27.3 Å². The number of esters is 1. The SMILES string of the molecule is C[C@H](OC(=O)c1cc2c(s1)-c1ccccc1OC2)C(=O)N(C)Cc1ccccc1. The number of hydrogen-bond donors (Lipinski definition) is 0. The molecule has 0 unspecified atom stereocenters. The van der Waals surface area contributed by atoms with Crippen LogP contribution in [0.4, 0.5) is 0 Å². The normalized spacial score (nSPS) is 12.9. The van der Waals surface area contributed by atoms with Crippen molar-refractivity contribution < 1.29 is 19.1 Å². The zero-order chi connectivity index (χ0) is 20.4. The first-order chi connectivity index (χ1) is 14.0. The molecule has 1 atom stereocenters. The third-order valence-electron chi connectivity index (χ3n) is 4.80. The third kappa shape index (κ3) is 4.03. The number of likely N-dealkylation sites (N-methyl/N-ethyl adjacent to an activating group) is 1. The number of carbonyl (C=O) groups is 2. The lowest BCUT2D eigenvalue weighted by molar-refractivity contribution is -0.139. The monoisotopic (exact) mass is 407 g/mol. The van der Waals surface area contributed by atoms with Crippen LogP contribution in [-0.4, -0.2) is 29.9 Å². The van der Waals surface area contributed by atoms with E-state index in [1.165, 1.54) is 11.3 Å². The first-order valence-corrected chi connectivity index (χ1v) is 10.2. The minimum atomic E-state index is -0.862. The Morgan fingerprint density at radius 3 is 2.66 bits per heavy atom. The Balaban J connectivity index is 1.43. The highest BCUT2D eigenvalue weighted by Gasteiger charge is 2.26. The topological polar surface area (TPSA) is 55.8 Å². The van der Waals surface area contributed by atoms with Gasteiger partial charge < -0.3 is 14.4 Å². The van der Waals surface area contributed by atoms with Gasteiger partial charge in [-0.05, 0) is 30.7 Å². The van der Waals surface area contributed by atoms with E-state index in [1.807, 2.05) is 54.6 Å². The predicted octanol–water partition coefficient (Wildman–Crippen LogP) is 4.51. The average molecular weight is 407 g/mol. The molecule has 0 fully saturated rings. The second kappa shape index (κ2) is 8.09. The van der Waals surface area contributed by atoms with Crippen molar-refractivity contribution >= 4 is 23.2 Å². The molecule has 29 heavy (non-hydrogen) atoms. The molecule has 0 bridgehead atoms. The molecule has 3 aromatic rings. The van der Waals surface area contributed by atoms with Gasteiger partial charge in [-0.2, -0.15) is 0 Å². The number of amides is 1. The van der Waals surface area contributed by atoms with Crippen LogP contribution in [-0.2, 0) is 22.7 Å². The van der Waals surface area contributed by atoms with Crippen molar-refractivity contribution in [3.63, 3.8) is 0 Å². The maximum Gasteiger partial charge on any atom is 0.349 e. The van der Waals surface area contributed by atoms with Crippen LogP contribution in [0.3, 0.4) is 0 Å². The van der Waals surface area contributed by atoms with E-state index in [-0.39, 0.29) is 5.91 Å². The molecule has 0 spiro atoms. The lowest BCUT2D eigenvalue weighted by atomic mass is 10.1. The number of nitrogens with zero attached hydrogens (tertiary/aromatic N) is 1. The Kier molecular flexibility index (Phi) is 5.36. The molecular weight excluding hydrogens is 386 g/mol. The van der Waals surface area contributed by atoms with Crippen molar-refractivity contribution in [1.82, 2.24) is 4.90 Å².